The average molecular weight is 400 g/mol. The predicted molar refractivity (Wildman–Crippen MR) is 115 cm³/mol. The summed E-state index contributed by atoms with van der Waals surface area (Å²) in [7, 11) is 1.58. The molecule has 0 radical (unpaired) electrons. The first-order valence-corrected chi connectivity index (χ1v) is 9.88. The summed E-state index contributed by atoms with van der Waals surface area (Å²) in [4.78, 5) is 26.8. The summed E-state index contributed by atoms with van der Waals surface area (Å²) in [5.41, 5.74) is 3.21. The van der Waals surface area contributed by atoms with Gasteiger partial charge in [0.15, 0.2) is 0 Å². The van der Waals surface area contributed by atoms with Crippen LogP contribution in [0.15, 0.2) is 71.9 Å². The fraction of sp³-hybridized carbons (Fsp3) is 0.0909. The lowest BCUT2D eigenvalue weighted by atomic mass is 10.2. The van der Waals surface area contributed by atoms with Gasteiger partial charge in [0.1, 0.15) is 5.01 Å². The van der Waals surface area contributed by atoms with Crippen molar-refractivity contribution in [3.05, 3.63) is 83.0 Å². The molecule has 5 aromatic rings. The zero-order valence-corrected chi connectivity index (χ0v) is 16.4. The summed E-state index contributed by atoms with van der Waals surface area (Å²) in [5.74, 6) is 0.510. The summed E-state index contributed by atoms with van der Waals surface area (Å²) in [6, 6.07) is 17.4. The summed E-state index contributed by atoms with van der Waals surface area (Å²) in [5, 5.41) is 1.35. The molecule has 0 spiro atoms. The quantitative estimate of drug-likeness (QED) is 0.454. The maximum atomic E-state index is 13.3. The molecule has 3 heterocycles. The van der Waals surface area contributed by atoms with E-state index < -0.39 is 0 Å². The van der Waals surface area contributed by atoms with Crippen molar-refractivity contribution in [1.82, 2.24) is 19.5 Å². The molecule has 0 N–H and O–H groups in total. The minimum atomic E-state index is -0.0715. The fourth-order valence-corrected chi connectivity index (χ4v) is 4.46. The van der Waals surface area contributed by atoms with Crippen molar-refractivity contribution in [3.63, 3.8) is 0 Å². The normalized spacial score (nSPS) is 11.2. The van der Waals surface area contributed by atoms with Crippen LogP contribution in [-0.2, 0) is 6.54 Å². The van der Waals surface area contributed by atoms with Crippen LogP contribution >= 0.6 is 11.3 Å². The lowest BCUT2D eigenvalue weighted by Gasteiger charge is -2.07. The number of hydrogen-bond acceptors (Lipinski definition) is 6. The van der Waals surface area contributed by atoms with Crippen molar-refractivity contribution in [2.45, 2.75) is 6.54 Å². The number of thiazole rings is 1. The van der Waals surface area contributed by atoms with Gasteiger partial charge in [0.05, 0.1) is 46.7 Å². The van der Waals surface area contributed by atoms with Crippen LogP contribution < -0.4 is 10.3 Å². The summed E-state index contributed by atoms with van der Waals surface area (Å²) < 4.78 is 7.83. The maximum absolute atomic E-state index is 13.3. The molecule has 6 nitrogen and oxygen atoms in total. The number of pyridine rings is 1. The molecule has 0 aliphatic heterocycles. The molecular formula is C22H16N4O2S. The molecule has 0 atom stereocenters. The second-order valence-electron chi connectivity index (χ2n) is 6.55. The molecule has 0 aliphatic rings. The third-order valence-electron chi connectivity index (χ3n) is 4.74. The Morgan fingerprint density at radius 3 is 2.66 bits per heavy atom. The number of aromatic nitrogens is 4. The Labute approximate surface area is 170 Å². The molecule has 0 aliphatic carbocycles. The third-order valence-corrected chi connectivity index (χ3v) is 5.86. The van der Waals surface area contributed by atoms with Gasteiger partial charge >= 0.3 is 0 Å². The van der Waals surface area contributed by atoms with Crippen LogP contribution in [0.5, 0.6) is 5.88 Å². The van der Waals surface area contributed by atoms with E-state index in [4.69, 9.17) is 9.72 Å². The maximum Gasteiger partial charge on any atom is 0.263 e. The Kier molecular flexibility index (Phi) is 4.29. The molecule has 3 aromatic heterocycles. The van der Waals surface area contributed by atoms with Crippen molar-refractivity contribution >= 4 is 32.5 Å². The average Bonchev–Trinajstić information content (AvgIpc) is 3.20. The number of ether oxygens (including phenoxy) is 1. The number of hydrogen-bond donors (Lipinski definition) is 0. The number of benzene rings is 2. The molecule has 0 fully saturated rings. The summed E-state index contributed by atoms with van der Waals surface area (Å²) in [6.45, 7) is 0.473. The minimum absolute atomic E-state index is 0.0715. The monoisotopic (exact) mass is 400 g/mol. The van der Waals surface area contributed by atoms with Crippen molar-refractivity contribution in [2.24, 2.45) is 0 Å². The van der Waals surface area contributed by atoms with Gasteiger partial charge in [-0.05, 0) is 29.8 Å². The van der Waals surface area contributed by atoms with Gasteiger partial charge in [-0.2, -0.15) is 0 Å². The zero-order valence-electron chi connectivity index (χ0n) is 15.6. The van der Waals surface area contributed by atoms with Crippen molar-refractivity contribution in [1.29, 1.82) is 0 Å². The van der Waals surface area contributed by atoms with E-state index in [-0.39, 0.29) is 5.56 Å². The molecular weight excluding hydrogens is 384 g/mol. The molecule has 29 heavy (non-hydrogen) atoms. The van der Waals surface area contributed by atoms with E-state index >= 15 is 0 Å². The van der Waals surface area contributed by atoms with E-state index in [1.165, 1.54) is 11.3 Å². The second kappa shape index (κ2) is 7.10. The number of nitrogens with zero attached hydrogens (tertiary/aromatic N) is 4. The van der Waals surface area contributed by atoms with Crippen LogP contribution in [-0.4, -0.2) is 26.6 Å². The highest BCUT2D eigenvalue weighted by atomic mass is 32.1. The Morgan fingerprint density at radius 1 is 1.00 bits per heavy atom. The van der Waals surface area contributed by atoms with Gasteiger partial charge in [-0.25, -0.2) is 15.0 Å². The van der Waals surface area contributed by atoms with Gasteiger partial charge in [-0.1, -0.05) is 30.3 Å². The van der Waals surface area contributed by atoms with Gasteiger partial charge in [0, 0.05) is 6.20 Å². The van der Waals surface area contributed by atoms with Crippen LogP contribution in [0, 0.1) is 0 Å². The highest BCUT2D eigenvalue weighted by Gasteiger charge is 2.16. The molecule has 0 amide bonds. The van der Waals surface area contributed by atoms with Crippen molar-refractivity contribution in [2.75, 3.05) is 7.11 Å². The predicted octanol–water partition coefficient (Wildman–Crippen LogP) is 4.13. The van der Waals surface area contributed by atoms with E-state index in [1.807, 2.05) is 54.6 Å². The molecule has 2 aromatic carbocycles. The molecule has 0 unspecified atom stereocenters. The first-order chi connectivity index (χ1) is 14.2. The van der Waals surface area contributed by atoms with E-state index in [2.05, 4.69) is 9.97 Å². The molecule has 0 bridgehead atoms. The first kappa shape index (κ1) is 17.5. The van der Waals surface area contributed by atoms with E-state index in [9.17, 15) is 4.79 Å². The van der Waals surface area contributed by atoms with E-state index in [0.717, 1.165) is 26.4 Å². The van der Waals surface area contributed by atoms with Crippen LogP contribution in [0.25, 0.3) is 31.7 Å². The van der Waals surface area contributed by atoms with Crippen LogP contribution in [0.1, 0.15) is 5.56 Å². The largest absolute Gasteiger partial charge is 0.480 e. The Bertz CT molecular complexity index is 1390. The molecule has 142 valence electrons. The number of rotatable bonds is 4. The van der Waals surface area contributed by atoms with Crippen molar-refractivity contribution < 1.29 is 4.74 Å². The minimum Gasteiger partial charge on any atom is -0.480 e. The first-order valence-electron chi connectivity index (χ1n) is 9.06. The van der Waals surface area contributed by atoms with Gasteiger partial charge in [0.25, 0.3) is 5.56 Å². The second-order valence-corrected chi connectivity index (χ2v) is 7.55. The molecule has 0 saturated carbocycles. The third kappa shape index (κ3) is 3.05. The smallest absolute Gasteiger partial charge is 0.263 e. The standard InChI is InChI=1S/C22H16N4O2S/c1-28-20-15(8-5-11-23-20)21-25-17-10-9-16-18(19(17)29-21)22(27)26(13-24-16)12-14-6-3-2-4-7-14/h2-11,13H,12H2,1H3. The van der Waals surface area contributed by atoms with Crippen LogP contribution in [0.4, 0.5) is 0 Å². The fourth-order valence-electron chi connectivity index (χ4n) is 3.35. The Morgan fingerprint density at radius 2 is 1.83 bits per heavy atom. The topological polar surface area (TPSA) is 69.9 Å². The molecule has 5 rings (SSSR count). The highest BCUT2D eigenvalue weighted by molar-refractivity contribution is 7.22. The lowest BCUT2D eigenvalue weighted by Crippen LogP contribution is -2.21. The SMILES string of the molecule is COc1ncccc1-c1nc2ccc3ncn(Cc4ccccc4)c(=O)c3c2s1. The van der Waals surface area contributed by atoms with Crippen LogP contribution in [0.2, 0.25) is 0 Å². The summed E-state index contributed by atoms with van der Waals surface area (Å²) >= 11 is 1.45. The van der Waals surface area contributed by atoms with Gasteiger partial charge in [-0.3, -0.25) is 9.36 Å². The van der Waals surface area contributed by atoms with Gasteiger partial charge < -0.3 is 4.74 Å². The Balaban J connectivity index is 1.70. The van der Waals surface area contributed by atoms with Gasteiger partial charge in [-0.15, -0.1) is 11.3 Å². The van der Waals surface area contributed by atoms with E-state index in [1.54, 1.807) is 24.2 Å². The molecule has 7 heteroatoms. The van der Waals surface area contributed by atoms with Gasteiger partial charge in [0.2, 0.25) is 5.88 Å². The molecule has 0 saturated heterocycles. The van der Waals surface area contributed by atoms with Crippen molar-refractivity contribution in [3.8, 4) is 16.5 Å². The summed E-state index contributed by atoms with van der Waals surface area (Å²) in [6.07, 6.45) is 3.28. The lowest BCUT2D eigenvalue weighted by molar-refractivity contribution is 0.399. The number of fused-ring (bicyclic) bond motifs is 3. The highest BCUT2D eigenvalue weighted by Crippen LogP contribution is 2.36. The van der Waals surface area contributed by atoms with Crippen LogP contribution in [0.3, 0.4) is 0 Å². The van der Waals surface area contributed by atoms with E-state index in [0.29, 0.717) is 23.3 Å². The Hall–Kier alpha value is -3.58. The zero-order chi connectivity index (χ0) is 19.8. The number of methoxy groups -OCH3 is 1.